The minimum absolute atomic E-state index is 0.194. The molecular weight excluding hydrogens is 273 g/mol. The average Bonchev–Trinajstić information content (AvgIpc) is 2.48. The van der Waals surface area contributed by atoms with Gasteiger partial charge in [-0.1, -0.05) is 0 Å². The van der Waals surface area contributed by atoms with Gasteiger partial charge in [-0.05, 0) is 42.5 Å². The Balaban J connectivity index is 1.97. The molecule has 0 aliphatic heterocycles. The lowest BCUT2D eigenvalue weighted by molar-refractivity contribution is 0.0697. The number of nitrogens with one attached hydrogen (secondary N) is 1. The van der Waals surface area contributed by atoms with E-state index < -0.39 is 5.97 Å². The quantitative estimate of drug-likeness (QED) is 0.772. The van der Waals surface area contributed by atoms with E-state index in [1.54, 1.807) is 18.2 Å². The number of rotatable bonds is 3. The molecule has 0 radical (unpaired) electrons. The maximum absolute atomic E-state index is 13.3. The number of fused-ring (bicyclic) bond motifs is 1. The second-order valence-electron chi connectivity index (χ2n) is 4.39. The van der Waals surface area contributed by atoms with E-state index in [9.17, 15) is 9.18 Å². The first-order chi connectivity index (χ1) is 10.1. The van der Waals surface area contributed by atoms with Crippen molar-refractivity contribution in [3.63, 3.8) is 0 Å². The fourth-order valence-corrected chi connectivity index (χ4v) is 1.96. The molecule has 0 fully saturated rings. The van der Waals surface area contributed by atoms with Crippen LogP contribution in [0.2, 0.25) is 0 Å². The van der Waals surface area contributed by atoms with E-state index in [-0.39, 0.29) is 11.4 Å². The Bertz CT molecular complexity index is 819. The third-order valence-corrected chi connectivity index (χ3v) is 2.99. The standard InChI is InChI=1S/C15H10FN3O2/c16-10-3-6-13-12(7-10)14(18-8-17-13)19-11-4-1-9(2-5-11)15(20)21/h1-8H,(H,20,21)(H,17,18,19). The number of nitrogens with zero attached hydrogens (tertiary/aromatic N) is 2. The zero-order valence-electron chi connectivity index (χ0n) is 10.7. The number of benzene rings is 2. The minimum Gasteiger partial charge on any atom is -0.478 e. The predicted octanol–water partition coefficient (Wildman–Crippen LogP) is 3.21. The summed E-state index contributed by atoms with van der Waals surface area (Å²) >= 11 is 0. The molecule has 0 aliphatic carbocycles. The van der Waals surface area contributed by atoms with Crippen molar-refractivity contribution in [1.82, 2.24) is 9.97 Å². The summed E-state index contributed by atoms with van der Waals surface area (Å²) in [6, 6.07) is 10.5. The van der Waals surface area contributed by atoms with E-state index in [1.165, 1.54) is 30.6 Å². The van der Waals surface area contributed by atoms with E-state index in [4.69, 9.17) is 5.11 Å². The second kappa shape index (κ2) is 5.16. The molecule has 1 heterocycles. The zero-order chi connectivity index (χ0) is 14.8. The monoisotopic (exact) mass is 283 g/mol. The molecule has 0 saturated carbocycles. The van der Waals surface area contributed by atoms with Crippen LogP contribution in [0.5, 0.6) is 0 Å². The third-order valence-electron chi connectivity index (χ3n) is 2.99. The molecule has 6 heteroatoms. The number of anilines is 2. The number of carbonyl (C=O) groups is 1. The molecule has 1 aromatic heterocycles. The van der Waals surface area contributed by atoms with E-state index in [0.29, 0.717) is 22.4 Å². The molecule has 5 nitrogen and oxygen atoms in total. The SMILES string of the molecule is O=C(O)c1ccc(Nc2ncnc3ccc(F)cc23)cc1. The van der Waals surface area contributed by atoms with E-state index in [0.717, 1.165) is 0 Å². The topological polar surface area (TPSA) is 75.1 Å². The molecule has 2 N–H and O–H groups in total. The van der Waals surface area contributed by atoms with Gasteiger partial charge in [-0.15, -0.1) is 0 Å². The highest BCUT2D eigenvalue weighted by atomic mass is 19.1. The second-order valence-corrected chi connectivity index (χ2v) is 4.39. The van der Waals surface area contributed by atoms with Crippen molar-refractivity contribution < 1.29 is 14.3 Å². The van der Waals surface area contributed by atoms with Gasteiger partial charge in [0.2, 0.25) is 0 Å². The number of hydrogen-bond acceptors (Lipinski definition) is 4. The summed E-state index contributed by atoms with van der Waals surface area (Å²) in [6.07, 6.45) is 1.38. The lowest BCUT2D eigenvalue weighted by Crippen LogP contribution is -1.98. The van der Waals surface area contributed by atoms with Gasteiger partial charge < -0.3 is 10.4 Å². The summed E-state index contributed by atoms with van der Waals surface area (Å²) in [6.45, 7) is 0. The highest BCUT2D eigenvalue weighted by Gasteiger charge is 2.06. The summed E-state index contributed by atoms with van der Waals surface area (Å²) in [7, 11) is 0. The molecule has 0 saturated heterocycles. The van der Waals surface area contributed by atoms with Gasteiger partial charge >= 0.3 is 5.97 Å². The molecule has 0 amide bonds. The molecule has 0 unspecified atom stereocenters. The fourth-order valence-electron chi connectivity index (χ4n) is 1.96. The van der Waals surface area contributed by atoms with Gasteiger partial charge in [0.1, 0.15) is 18.0 Å². The highest BCUT2D eigenvalue weighted by Crippen LogP contribution is 2.23. The van der Waals surface area contributed by atoms with Crippen molar-refractivity contribution in [3.8, 4) is 0 Å². The summed E-state index contributed by atoms with van der Waals surface area (Å²) in [5.74, 6) is -0.903. The predicted molar refractivity (Wildman–Crippen MR) is 76.2 cm³/mol. The Morgan fingerprint density at radius 2 is 1.86 bits per heavy atom. The average molecular weight is 283 g/mol. The van der Waals surface area contributed by atoms with Crippen molar-refractivity contribution in [1.29, 1.82) is 0 Å². The number of aromatic nitrogens is 2. The number of halogens is 1. The molecule has 0 atom stereocenters. The van der Waals surface area contributed by atoms with Gasteiger partial charge in [0.15, 0.2) is 0 Å². The van der Waals surface area contributed by atoms with Crippen LogP contribution in [-0.4, -0.2) is 21.0 Å². The van der Waals surface area contributed by atoms with Crippen LogP contribution < -0.4 is 5.32 Å². The fraction of sp³-hybridized carbons (Fsp3) is 0. The van der Waals surface area contributed by atoms with Gasteiger partial charge in [0, 0.05) is 11.1 Å². The van der Waals surface area contributed by atoms with E-state index >= 15 is 0 Å². The Labute approximate surface area is 119 Å². The Hall–Kier alpha value is -3.02. The largest absolute Gasteiger partial charge is 0.478 e. The number of aromatic carboxylic acids is 1. The lowest BCUT2D eigenvalue weighted by atomic mass is 10.2. The lowest BCUT2D eigenvalue weighted by Gasteiger charge is -2.08. The number of carboxylic acids is 1. The van der Waals surface area contributed by atoms with Crippen molar-refractivity contribution >= 4 is 28.4 Å². The van der Waals surface area contributed by atoms with Crippen LogP contribution in [0.25, 0.3) is 10.9 Å². The maximum Gasteiger partial charge on any atom is 0.335 e. The first kappa shape index (κ1) is 13.0. The van der Waals surface area contributed by atoms with E-state index in [2.05, 4.69) is 15.3 Å². The molecule has 104 valence electrons. The van der Waals surface area contributed by atoms with Crippen molar-refractivity contribution in [2.24, 2.45) is 0 Å². The first-order valence-corrected chi connectivity index (χ1v) is 6.14. The van der Waals surface area contributed by atoms with Crippen LogP contribution in [0.1, 0.15) is 10.4 Å². The maximum atomic E-state index is 13.3. The van der Waals surface area contributed by atoms with Crippen LogP contribution in [0.3, 0.4) is 0 Å². The Morgan fingerprint density at radius 3 is 2.57 bits per heavy atom. The molecule has 0 spiro atoms. The van der Waals surface area contributed by atoms with Crippen molar-refractivity contribution in [3.05, 3.63) is 60.2 Å². The molecule has 21 heavy (non-hydrogen) atoms. The van der Waals surface area contributed by atoms with Crippen LogP contribution in [0.15, 0.2) is 48.8 Å². The van der Waals surface area contributed by atoms with Crippen LogP contribution in [0.4, 0.5) is 15.9 Å². The van der Waals surface area contributed by atoms with Crippen molar-refractivity contribution in [2.75, 3.05) is 5.32 Å². The highest BCUT2D eigenvalue weighted by molar-refractivity contribution is 5.91. The first-order valence-electron chi connectivity index (χ1n) is 6.14. The van der Waals surface area contributed by atoms with Gasteiger partial charge in [-0.2, -0.15) is 0 Å². The summed E-state index contributed by atoms with van der Waals surface area (Å²) in [5, 5.41) is 12.4. The molecule has 2 aromatic carbocycles. The van der Waals surface area contributed by atoms with Gasteiger partial charge in [0.05, 0.1) is 11.1 Å². The molecular formula is C15H10FN3O2. The summed E-state index contributed by atoms with van der Waals surface area (Å²) < 4.78 is 13.3. The van der Waals surface area contributed by atoms with Gasteiger partial charge in [0.25, 0.3) is 0 Å². The Morgan fingerprint density at radius 1 is 1.10 bits per heavy atom. The molecule has 3 rings (SSSR count). The smallest absolute Gasteiger partial charge is 0.335 e. The molecule has 0 aliphatic rings. The Kier molecular flexibility index (Phi) is 3.19. The van der Waals surface area contributed by atoms with E-state index in [1.807, 2.05) is 0 Å². The van der Waals surface area contributed by atoms with Gasteiger partial charge in [-0.25, -0.2) is 19.2 Å². The summed E-state index contributed by atoms with van der Waals surface area (Å²) in [4.78, 5) is 19.0. The van der Waals surface area contributed by atoms with Crippen LogP contribution in [0, 0.1) is 5.82 Å². The van der Waals surface area contributed by atoms with Gasteiger partial charge in [-0.3, -0.25) is 0 Å². The number of carboxylic acid groups (broad SMARTS) is 1. The molecule has 3 aromatic rings. The summed E-state index contributed by atoms with van der Waals surface area (Å²) in [5.41, 5.74) is 1.47. The molecule has 0 bridgehead atoms. The van der Waals surface area contributed by atoms with Crippen molar-refractivity contribution in [2.45, 2.75) is 0 Å². The minimum atomic E-state index is -0.990. The van der Waals surface area contributed by atoms with Crippen LogP contribution in [-0.2, 0) is 0 Å². The van der Waals surface area contributed by atoms with Crippen LogP contribution >= 0.6 is 0 Å². The third kappa shape index (κ3) is 2.64. The zero-order valence-corrected chi connectivity index (χ0v) is 10.7. The normalized spacial score (nSPS) is 10.5. The number of hydrogen-bond donors (Lipinski definition) is 2.